The fraction of sp³-hybridized carbons (Fsp3) is 0.964. The zero-order valence-electron chi connectivity index (χ0n) is 24.9. The number of carbonyl (C=O) groups is 1. The highest BCUT2D eigenvalue weighted by Crippen LogP contribution is 2.36. The molecule has 1 amide bonds. The van der Waals surface area contributed by atoms with Gasteiger partial charge in [-0.3, -0.25) is 4.79 Å². The van der Waals surface area contributed by atoms with E-state index in [1.807, 2.05) is 6.92 Å². The zero-order valence-corrected chi connectivity index (χ0v) is 24.9. The van der Waals surface area contributed by atoms with Gasteiger partial charge in [-0.05, 0) is 45.4 Å². The van der Waals surface area contributed by atoms with Crippen molar-refractivity contribution in [2.75, 3.05) is 33.9 Å². The van der Waals surface area contributed by atoms with Crippen LogP contribution in [0.5, 0.6) is 0 Å². The van der Waals surface area contributed by atoms with E-state index in [9.17, 15) is 30.3 Å². The van der Waals surface area contributed by atoms with Crippen LogP contribution in [0.15, 0.2) is 0 Å². The maximum Gasteiger partial charge on any atom is 0.251 e. The molecule has 1 aliphatic carbocycles. The predicted molar refractivity (Wildman–Crippen MR) is 145 cm³/mol. The number of aliphatic hydroxyl groups is 5. The summed E-state index contributed by atoms with van der Waals surface area (Å²) in [5, 5.41) is 51.2. The molecule has 0 aromatic heterocycles. The van der Waals surface area contributed by atoms with Crippen LogP contribution in [0, 0.1) is 5.92 Å². The van der Waals surface area contributed by atoms with E-state index in [4.69, 9.17) is 28.4 Å². The summed E-state index contributed by atoms with van der Waals surface area (Å²) < 4.78 is 36.7. The molecule has 13 unspecified atom stereocenters. The van der Waals surface area contributed by atoms with Crippen LogP contribution in [-0.4, -0.2) is 144 Å². The van der Waals surface area contributed by atoms with Crippen LogP contribution in [0.1, 0.15) is 59.3 Å². The standard InChI is InChI=1S/C28H51NO12/c1-6-17-9-7-10-18(25(17)41-28-24(34)23(33)22(32)16(3)38-28)39-27(40-20(13-30)15(2)31)21-14-37-19(11-8-12-36-21)26(35)29(4)5/h15-25,27-28,30-34H,6-14H2,1-5H3. The summed E-state index contributed by atoms with van der Waals surface area (Å²) in [5.41, 5.74) is 0. The van der Waals surface area contributed by atoms with Gasteiger partial charge >= 0.3 is 0 Å². The molecule has 2 heterocycles. The molecule has 3 fully saturated rings. The second kappa shape index (κ2) is 16.2. The third-order valence-corrected chi connectivity index (χ3v) is 8.28. The third-order valence-electron chi connectivity index (χ3n) is 8.28. The predicted octanol–water partition coefficient (Wildman–Crippen LogP) is -0.469. The zero-order chi connectivity index (χ0) is 30.3. The first-order valence-electron chi connectivity index (χ1n) is 14.9. The summed E-state index contributed by atoms with van der Waals surface area (Å²) in [7, 11) is 3.34. The minimum Gasteiger partial charge on any atom is -0.394 e. The molecule has 240 valence electrons. The summed E-state index contributed by atoms with van der Waals surface area (Å²) in [6.07, 6.45) is -7.62. The van der Waals surface area contributed by atoms with Crippen molar-refractivity contribution < 1.29 is 58.7 Å². The lowest BCUT2D eigenvalue weighted by atomic mass is 9.82. The van der Waals surface area contributed by atoms with Crippen LogP contribution in [0.4, 0.5) is 0 Å². The number of hydrogen-bond acceptors (Lipinski definition) is 12. The number of likely N-dealkylation sites (N-methyl/N-ethyl adjacent to an activating group) is 1. The Morgan fingerprint density at radius 3 is 2.41 bits per heavy atom. The quantitative estimate of drug-likeness (QED) is 0.195. The normalized spacial score (nSPS) is 39.3. The van der Waals surface area contributed by atoms with Crippen molar-refractivity contribution in [3.05, 3.63) is 0 Å². The maximum absolute atomic E-state index is 12.6. The Labute approximate surface area is 242 Å². The molecule has 3 rings (SSSR count). The largest absolute Gasteiger partial charge is 0.394 e. The molecule has 13 heteroatoms. The molecule has 13 atom stereocenters. The fourth-order valence-electron chi connectivity index (χ4n) is 5.62. The van der Waals surface area contributed by atoms with Crippen molar-refractivity contribution in [2.24, 2.45) is 5.92 Å². The van der Waals surface area contributed by atoms with Crippen LogP contribution in [0.3, 0.4) is 0 Å². The van der Waals surface area contributed by atoms with Gasteiger partial charge in [0.05, 0.1) is 37.6 Å². The second-order valence-corrected chi connectivity index (χ2v) is 11.6. The molecule has 1 saturated carbocycles. The van der Waals surface area contributed by atoms with Gasteiger partial charge in [-0.15, -0.1) is 0 Å². The molecule has 13 nitrogen and oxygen atoms in total. The van der Waals surface area contributed by atoms with Gasteiger partial charge in [-0.25, -0.2) is 0 Å². The summed E-state index contributed by atoms with van der Waals surface area (Å²) >= 11 is 0. The van der Waals surface area contributed by atoms with E-state index in [-0.39, 0.29) is 18.4 Å². The first-order valence-corrected chi connectivity index (χ1v) is 14.9. The lowest BCUT2D eigenvalue weighted by molar-refractivity contribution is -0.334. The average molecular weight is 594 g/mol. The molecule has 41 heavy (non-hydrogen) atoms. The highest BCUT2D eigenvalue weighted by Gasteiger charge is 2.47. The van der Waals surface area contributed by atoms with E-state index in [0.29, 0.717) is 25.9 Å². The molecule has 0 spiro atoms. The summed E-state index contributed by atoms with van der Waals surface area (Å²) in [6.45, 7) is 4.97. The number of nitrogens with zero attached hydrogens (tertiary/aromatic N) is 1. The Morgan fingerprint density at radius 2 is 1.78 bits per heavy atom. The molecular formula is C28H51NO12. The van der Waals surface area contributed by atoms with Crippen LogP contribution in [0.25, 0.3) is 0 Å². The lowest BCUT2D eigenvalue weighted by Gasteiger charge is -2.45. The second-order valence-electron chi connectivity index (χ2n) is 11.6. The Morgan fingerprint density at radius 1 is 1.05 bits per heavy atom. The molecule has 3 aliphatic rings. The minimum atomic E-state index is -1.46. The van der Waals surface area contributed by atoms with Gasteiger partial charge in [0.2, 0.25) is 0 Å². The Kier molecular flexibility index (Phi) is 13.6. The number of aliphatic hydroxyl groups excluding tert-OH is 5. The molecular weight excluding hydrogens is 542 g/mol. The number of ether oxygens (including phenoxy) is 6. The van der Waals surface area contributed by atoms with E-state index in [1.165, 1.54) is 11.8 Å². The highest BCUT2D eigenvalue weighted by atomic mass is 16.7. The molecule has 0 aromatic rings. The van der Waals surface area contributed by atoms with Crippen LogP contribution in [0.2, 0.25) is 0 Å². The molecule has 0 bridgehead atoms. The average Bonchev–Trinajstić information content (AvgIpc) is 2.93. The van der Waals surface area contributed by atoms with E-state index < -0.39 is 80.2 Å². The maximum atomic E-state index is 12.6. The van der Waals surface area contributed by atoms with Gasteiger partial charge in [0.15, 0.2) is 12.6 Å². The van der Waals surface area contributed by atoms with E-state index in [0.717, 1.165) is 19.3 Å². The van der Waals surface area contributed by atoms with Gasteiger partial charge in [-0.1, -0.05) is 19.8 Å². The smallest absolute Gasteiger partial charge is 0.251 e. The fourth-order valence-corrected chi connectivity index (χ4v) is 5.62. The van der Waals surface area contributed by atoms with Crippen molar-refractivity contribution in [2.45, 2.75) is 133 Å². The number of amides is 1. The minimum absolute atomic E-state index is 0.0195. The lowest BCUT2D eigenvalue weighted by Crippen LogP contribution is -2.59. The van der Waals surface area contributed by atoms with Crippen molar-refractivity contribution >= 4 is 5.91 Å². The van der Waals surface area contributed by atoms with Gasteiger partial charge in [0.25, 0.3) is 5.91 Å². The summed E-state index contributed by atoms with van der Waals surface area (Å²) in [6, 6.07) is 0. The Balaban J connectivity index is 1.83. The number of rotatable bonds is 11. The number of hydrogen-bond donors (Lipinski definition) is 5. The van der Waals surface area contributed by atoms with Crippen molar-refractivity contribution in [3.8, 4) is 0 Å². The van der Waals surface area contributed by atoms with Gasteiger partial charge in [-0.2, -0.15) is 0 Å². The van der Waals surface area contributed by atoms with Crippen LogP contribution in [-0.2, 0) is 33.2 Å². The first kappa shape index (κ1) is 34.5. The third kappa shape index (κ3) is 9.02. The van der Waals surface area contributed by atoms with Crippen molar-refractivity contribution in [1.82, 2.24) is 4.90 Å². The molecule has 2 saturated heterocycles. The van der Waals surface area contributed by atoms with E-state index >= 15 is 0 Å². The van der Waals surface area contributed by atoms with E-state index in [2.05, 4.69) is 0 Å². The van der Waals surface area contributed by atoms with Crippen LogP contribution < -0.4 is 0 Å². The summed E-state index contributed by atoms with van der Waals surface area (Å²) in [4.78, 5) is 14.1. The van der Waals surface area contributed by atoms with Crippen LogP contribution >= 0.6 is 0 Å². The molecule has 5 N–H and O–H groups in total. The molecule has 0 radical (unpaired) electrons. The van der Waals surface area contributed by atoms with Gasteiger partial charge in [0, 0.05) is 20.7 Å². The van der Waals surface area contributed by atoms with Gasteiger partial charge in [0.1, 0.15) is 36.6 Å². The Hall–Kier alpha value is -0.970. The monoisotopic (exact) mass is 593 g/mol. The topological polar surface area (TPSA) is 177 Å². The highest BCUT2D eigenvalue weighted by molar-refractivity contribution is 5.80. The van der Waals surface area contributed by atoms with Crippen molar-refractivity contribution in [3.63, 3.8) is 0 Å². The first-order chi connectivity index (χ1) is 19.5. The summed E-state index contributed by atoms with van der Waals surface area (Å²) in [5.74, 6) is -0.119. The SMILES string of the molecule is CCC1CCCC(OC(OC(CO)C(C)O)C2COC(C(=O)N(C)C)CCCO2)C1OC1OC(C)C(O)C(O)C1O. The number of carbonyl (C=O) groups excluding carboxylic acids is 1. The Bertz CT molecular complexity index is 787. The molecule has 2 aliphatic heterocycles. The van der Waals surface area contributed by atoms with E-state index in [1.54, 1.807) is 21.0 Å². The van der Waals surface area contributed by atoms with Crippen molar-refractivity contribution in [1.29, 1.82) is 0 Å². The van der Waals surface area contributed by atoms with Gasteiger partial charge < -0.3 is 58.9 Å². The molecule has 0 aromatic carbocycles.